The fourth-order valence-electron chi connectivity index (χ4n) is 2.48. The first-order valence-corrected chi connectivity index (χ1v) is 5.51. The number of hydrogen-bond donors (Lipinski definition) is 0. The minimum atomic E-state index is 0.804. The van der Waals surface area contributed by atoms with Crippen molar-refractivity contribution in [2.45, 2.75) is 27.7 Å². The molecule has 0 unspecified atom stereocenters. The van der Waals surface area contributed by atoms with E-state index < -0.39 is 0 Å². The predicted octanol–water partition coefficient (Wildman–Crippen LogP) is 3.89. The maximum atomic E-state index is 11.0. The van der Waals surface area contributed by atoms with Gasteiger partial charge in [0.05, 0.1) is 0 Å². The first-order chi connectivity index (χ1) is 7.56. The zero-order valence-corrected chi connectivity index (χ0v) is 10.2. The van der Waals surface area contributed by atoms with Gasteiger partial charge in [-0.1, -0.05) is 12.1 Å². The summed E-state index contributed by atoms with van der Waals surface area (Å²) in [5.41, 5.74) is 5.60. The Hall–Kier alpha value is -1.63. The maximum absolute atomic E-state index is 11.0. The fraction of sp³-hybridized carbons (Fsp3) is 0.267. The van der Waals surface area contributed by atoms with E-state index in [1.807, 2.05) is 13.0 Å². The molecule has 2 rings (SSSR count). The normalized spacial score (nSPS) is 10.8. The molecule has 0 atom stereocenters. The van der Waals surface area contributed by atoms with E-state index in [4.69, 9.17) is 0 Å². The average molecular weight is 212 g/mol. The lowest BCUT2D eigenvalue weighted by atomic mass is 9.91. The molecule has 2 aromatic carbocycles. The quantitative estimate of drug-likeness (QED) is 0.655. The molecule has 16 heavy (non-hydrogen) atoms. The van der Waals surface area contributed by atoms with Crippen molar-refractivity contribution in [3.63, 3.8) is 0 Å². The van der Waals surface area contributed by atoms with Gasteiger partial charge in [0.15, 0.2) is 0 Å². The van der Waals surface area contributed by atoms with Gasteiger partial charge in [-0.05, 0) is 66.8 Å². The minimum Gasteiger partial charge on any atom is -0.298 e. The Morgan fingerprint density at radius 1 is 0.875 bits per heavy atom. The van der Waals surface area contributed by atoms with Gasteiger partial charge >= 0.3 is 0 Å². The number of rotatable bonds is 1. The van der Waals surface area contributed by atoms with Crippen LogP contribution in [-0.4, -0.2) is 6.29 Å². The number of hydrogen-bond acceptors (Lipinski definition) is 1. The zero-order valence-electron chi connectivity index (χ0n) is 10.2. The van der Waals surface area contributed by atoms with Crippen molar-refractivity contribution in [1.82, 2.24) is 0 Å². The van der Waals surface area contributed by atoms with Crippen LogP contribution in [0.2, 0.25) is 0 Å². The van der Waals surface area contributed by atoms with Gasteiger partial charge in [-0.3, -0.25) is 4.79 Å². The van der Waals surface area contributed by atoms with Gasteiger partial charge in [0, 0.05) is 5.56 Å². The summed E-state index contributed by atoms with van der Waals surface area (Å²) in [5.74, 6) is 0. The number of carbonyl (C=O) groups is 1. The van der Waals surface area contributed by atoms with E-state index in [0.717, 1.165) is 17.4 Å². The molecule has 0 amide bonds. The Morgan fingerprint density at radius 2 is 1.44 bits per heavy atom. The topological polar surface area (TPSA) is 17.1 Å². The number of aldehydes is 1. The number of benzene rings is 2. The Balaban J connectivity index is 3.06. The highest BCUT2D eigenvalue weighted by Crippen LogP contribution is 2.30. The summed E-state index contributed by atoms with van der Waals surface area (Å²) in [4.78, 5) is 11.0. The molecule has 1 heteroatoms. The van der Waals surface area contributed by atoms with E-state index in [9.17, 15) is 4.79 Å². The zero-order chi connectivity index (χ0) is 11.9. The molecule has 0 bridgehead atoms. The highest BCUT2D eigenvalue weighted by molar-refractivity contribution is 5.98. The molecule has 0 saturated carbocycles. The molecule has 0 N–H and O–H groups in total. The van der Waals surface area contributed by atoms with Crippen LogP contribution in [0.1, 0.15) is 32.6 Å². The lowest BCUT2D eigenvalue weighted by Crippen LogP contribution is -1.95. The van der Waals surface area contributed by atoms with Gasteiger partial charge in [0.2, 0.25) is 0 Å². The molecule has 0 spiro atoms. The Labute approximate surface area is 96.1 Å². The van der Waals surface area contributed by atoms with Gasteiger partial charge < -0.3 is 0 Å². The van der Waals surface area contributed by atoms with Crippen molar-refractivity contribution >= 4 is 17.1 Å². The largest absolute Gasteiger partial charge is 0.298 e. The molecule has 0 fully saturated rings. The molecule has 2 aromatic rings. The second-order valence-electron chi connectivity index (χ2n) is 4.47. The standard InChI is InChI=1S/C15H16O/c1-9-5-6-10(2)15-12(4)13(8-16)7-11(3)14(9)15/h5-8H,1-4H3. The van der Waals surface area contributed by atoms with Crippen LogP contribution in [0.4, 0.5) is 0 Å². The van der Waals surface area contributed by atoms with Crippen molar-refractivity contribution in [3.8, 4) is 0 Å². The van der Waals surface area contributed by atoms with Crippen LogP contribution in [0.5, 0.6) is 0 Å². The summed E-state index contributed by atoms with van der Waals surface area (Å²) in [6, 6.07) is 6.25. The van der Waals surface area contributed by atoms with Crippen molar-refractivity contribution in [3.05, 3.63) is 46.0 Å². The summed E-state index contributed by atoms with van der Waals surface area (Å²) >= 11 is 0. The molecule has 0 saturated heterocycles. The number of aryl methyl sites for hydroxylation is 4. The third-order valence-electron chi connectivity index (χ3n) is 3.32. The molecule has 1 nitrogen and oxygen atoms in total. The van der Waals surface area contributed by atoms with Crippen LogP contribution in [0.3, 0.4) is 0 Å². The summed E-state index contributed by atoms with van der Waals surface area (Å²) in [6.45, 7) is 8.32. The summed E-state index contributed by atoms with van der Waals surface area (Å²) < 4.78 is 0. The molecule has 0 heterocycles. The number of carbonyl (C=O) groups excluding carboxylic acids is 1. The van der Waals surface area contributed by atoms with Crippen LogP contribution in [0.15, 0.2) is 18.2 Å². The van der Waals surface area contributed by atoms with Crippen molar-refractivity contribution in [2.75, 3.05) is 0 Å². The Kier molecular flexibility index (Phi) is 2.55. The fourth-order valence-corrected chi connectivity index (χ4v) is 2.48. The second-order valence-corrected chi connectivity index (χ2v) is 4.47. The van der Waals surface area contributed by atoms with E-state index in [-0.39, 0.29) is 0 Å². The Morgan fingerprint density at radius 3 is 2.00 bits per heavy atom. The lowest BCUT2D eigenvalue weighted by Gasteiger charge is -2.13. The third kappa shape index (κ3) is 1.44. The summed E-state index contributed by atoms with van der Waals surface area (Å²) in [5, 5.41) is 2.53. The van der Waals surface area contributed by atoms with E-state index in [1.54, 1.807) is 0 Å². The molecule has 0 aliphatic carbocycles. The predicted molar refractivity (Wildman–Crippen MR) is 68.3 cm³/mol. The van der Waals surface area contributed by atoms with E-state index in [0.29, 0.717) is 0 Å². The molecule has 0 aliphatic heterocycles. The maximum Gasteiger partial charge on any atom is 0.150 e. The molecule has 0 aromatic heterocycles. The van der Waals surface area contributed by atoms with Gasteiger partial charge in [-0.15, -0.1) is 0 Å². The van der Waals surface area contributed by atoms with Crippen molar-refractivity contribution < 1.29 is 4.79 Å². The van der Waals surface area contributed by atoms with Gasteiger partial charge in [0.25, 0.3) is 0 Å². The van der Waals surface area contributed by atoms with E-state index >= 15 is 0 Å². The highest BCUT2D eigenvalue weighted by atomic mass is 16.1. The van der Waals surface area contributed by atoms with Crippen LogP contribution >= 0.6 is 0 Å². The molecule has 0 radical (unpaired) electrons. The van der Waals surface area contributed by atoms with Gasteiger partial charge in [0.1, 0.15) is 6.29 Å². The SMILES string of the molecule is Cc1ccc(C)c2c(C)c(C=O)cc(C)c12. The first-order valence-electron chi connectivity index (χ1n) is 5.51. The molecule has 82 valence electrons. The van der Waals surface area contributed by atoms with Gasteiger partial charge in [-0.2, -0.15) is 0 Å². The summed E-state index contributed by atoms with van der Waals surface area (Å²) in [6.07, 6.45) is 0.948. The highest BCUT2D eigenvalue weighted by Gasteiger charge is 2.10. The van der Waals surface area contributed by atoms with Crippen molar-refractivity contribution in [2.24, 2.45) is 0 Å². The third-order valence-corrected chi connectivity index (χ3v) is 3.32. The smallest absolute Gasteiger partial charge is 0.150 e. The van der Waals surface area contributed by atoms with E-state index in [2.05, 4.69) is 32.9 Å². The van der Waals surface area contributed by atoms with E-state index in [1.165, 1.54) is 27.5 Å². The van der Waals surface area contributed by atoms with Crippen molar-refractivity contribution in [1.29, 1.82) is 0 Å². The van der Waals surface area contributed by atoms with Crippen LogP contribution < -0.4 is 0 Å². The minimum absolute atomic E-state index is 0.804. The molecular weight excluding hydrogens is 196 g/mol. The lowest BCUT2D eigenvalue weighted by molar-refractivity contribution is 0.112. The average Bonchev–Trinajstić information content (AvgIpc) is 2.26. The molecular formula is C15H16O. The Bertz CT molecular complexity index is 580. The monoisotopic (exact) mass is 212 g/mol. The van der Waals surface area contributed by atoms with Gasteiger partial charge in [-0.25, -0.2) is 0 Å². The second kappa shape index (κ2) is 3.75. The molecule has 0 aliphatic rings. The first kappa shape index (κ1) is 10.9. The van der Waals surface area contributed by atoms with Crippen LogP contribution in [-0.2, 0) is 0 Å². The van der Waals surface area contributed by atoms with Crippen LogP contribution in [0, 0.1) is 27.7 Å². The summed E-state index contributed by atoms with van der Waals surface area (Å²) in [7, 11) is 0. The van der Waals surface area contributed by atoms with Crippen LogP contribution in [0.25, 0.3) is 10.8 Å². The number of fused-ring (bicyclic) bond motifs is 1.